The monoisotopic (exact) mass is 369 g/mol. The maximum Gasteiger partial charge on any atom is 0.205 e. The van der Waals surface area contributed by atoms with Crippen molar-refractivity contribution in [1.82, 2.24) is 9.55 Å². The molecule has 3 aromatic rings. The van der Waals surface area contributed by atoms with Crippen LogP contribution in [0.25, 0.3) is 16.9 Å². The topological polar surface area (TPSA) is 103 Å². The number of hydrogen-bond donors (Lipinski definition) is 3. The molecule has 1 aromatic heterocycles. The number of phenolic OH excluding ortho intramolecular Hbond substituents is 1. The zero-order valence-electron chi connectivity index (χ0n) is 15.6. The van der Waals surface area contributed by atoms with Gasteiger partial charge in [-0.05, 0) is 41.8 Å². The first-order valence-electron chi connectivity index (χ1n) is 8.55. The molecular formula is C20H23N3O4. The quantitative estimate of drug-likeness (QED) is 0.617. The van der Waals surface area contributed by atoms with Crippen molar-refractivity contribution in [3.05, 3.63) is 47.7 Å². The van der Waals surface area contributed by atoms with Crippen molar-refractivity contribution in [3.8, 4) is 34.2 Å². The molecule has 0 unspecified atom stereocenters. The summed E-state index contributed by atoms with van der Waals surface area (Å²) in [4.78, 5) is 4.22. The van der Waals surface area contributed by atoms with E-state index >= 15 is 0 Å². The molecular weight excluding hydrogens is 346 g/mol. The fraction of sp³-hybridized carbons (Fsp3) is 0.250. The highest BCUT2D eigenvalue weighted by Crippen LogP contribution is 2.38. The number of anilines is 1. The van der Waals surface area contributed by atoms with Gasteiger partial charge >= 0.3 is 0 Å². The second-order valence-corrected chi connectivity index (χ2v) is 6.02. The number of aliphatic hydroxyl groups excluding tert-OH is 1. The lowest BCUT2D eigenvalue weighted by Crippen LogP contribution is -2.05. The van der Waals surface area contributed by atoms with Gasteiger partial charge in [0.15, 0.2) is 0 Å². The van der Waals surface area contributed by atoms with E-state index in [2.05, 4.69) is 4.98 Å². The van der Waals surface area contributed by atoms with Gasteiger partial charge in [-0.3, -0.25) is 4.57 Å². The van der Waals surface area contributed by atoms with Crippen molar-refractivity contribution in [2.24, 2.45) is 0 Å². The van der Waals surface area contributed by atoms with Gasteiger partial charge in [0, 0.05) is 11.6 Å². The van der Waals surface area contributed by atoms with E-state index in [0.29, 0.717) is 34.0 Å². The first-order chi connectivity index (χ1) is 13.0. The molecule has 0 saturated heterocycles. The van der Waals surface area contributed by atoms with Crippen LogP contribution < -0.4 is 15.2 Å². The van der Waals surface area contributed by atoms with Crippen molar-refractivity contribution >= 4 is 5.95 Å². The van der Waals surface area contributed by atoms with Crippen molar-refractivity contribution in [2.45, 2.75) is 20.0 Å². The third-order valence-corrected chi connectivity index (χ3v) is 4.56. The Balaban J connectivity index is 2.26. The summed E-state index contributed by atoms with van der Waals surface area (Å²) in [7, 11) is 3.15. The zero-order chi connectivity index (χ0) is 19.6. The third-order valence-electron chi connectivity index (χ3n) is 4.56. The van der Waals surface area contributed by atoms with Crippen LogP contribution in [-0.4, -0.2) is 34.0 Å². The van der Waals surface area contributed by atoms with Gasteiger partial charge in [0.1, 0.15) is 17.2 Å². The minimum atomic E-state index is -0.137. The summed E-state index contributed by atoms with van der Waals surface area (Å²) < 4.78 is 12.5. The maximum atomic E-state index is 10.6. The number of rotatable bonds is 6. The van der Waals surface area contributed by atoms with Crippen LogP contribution in [0, 0.1) is 0 Å². The van der Waals surface area contributed by atoms with Crippen molar-refractivity contribution in [3.63, 3.8) is 0 Å². The Morgan fingerprint density at radius 2 is 1.89 bits per heavy atom. The summed E-state index contributed by atoms with van der Waals surface area (Å²) in [5.41, 5.74) is 9.59. The number of hydrogen-bond acceptors (Lipinski definition) is 6. The molecule has 0 amide bonds. The molecule has 7 heteroatoms. The van der Waals surface area contributed by atoms with E-state index < -0.39 is 0 Å². The smallest absolute Gasteiger partial charge is 0.205 e. The highest BCUT2D eigenvalue weighted by atomic mass is 16.5. The van der Waals surface area contributed by atoms with E-state index in [1.807, 2.05) is 13.0 Å². The van der Waals surface area contributed by atoms with Gasteiger partial charge in [0.25, 0.3) is 0 Å². The molecule has 1 heterocycles. The standard InChI is InChI=1S/C20H23N3O4/c1-4-12-7-15(18(25)8-13(12)11-24)17-10-22-20(21)23(17)16-9-14(26-2)5-6-19(16)27-3/h5-10,24-25H,4,11H2,1-3H3,(H2,21,22). The Labute approximate surface area is 157 Å². The van der Waals surface area contributed by atoms with Gasteiger partial charge in [-0.2, -0.15) is 0 Å². The van der Waals surface area contributed by atoms with E-state index in [0.717, 1.165) is 12.0 Å². The average molecular weight is 369 g/mol. The molecule has 4 N–H and O–H groups in total. The van der Waals surface area contributed by atoms with Crippen LogP contribution in [0.1, 0.15) is 18.1 Å². The molecule has 7 nitrogen and oxygen atoms in total. The number of aryl methyl sites for hydroxylation is 1. The Hall–Kier alpha value is -3.19. The Morgan fingerprint density at radius 3 is 2.52 bits per heavy atom. The van der Waals surface area contributed by atoms with Gasteiger partial charge < -0.3 is 25.4 Å². The molecule has 0 saturated carbocycles. The van der Waals surface area contributed by atoms with Crippen LogP contribution in [0.2, 0.25) is 0 Å². The minimum Gasteiger partial charge on any atom is -0.507 e. The number of imidazole rings is 1. The van der Waals surface area contributed by atoms with Crippen LogP contribution in [0.4, 0.5) is 5.95 Å². The first kappa shape index (κ1) is 18.6. The van der Waals surface area contributed by atoms with E-state index in [1.165, 1.54) is 0 Å². The molecule has 142 valence electrons. The van der Waals surface area contributed by atoms with E-state index in [9.17, 15) is 10.2 Å². The van der Waals surface area contributed by atoms with Gasteiger partial charge in [-0.1, -0.05) is 6.92 Å². The maximum absolute atomic E-state index is 10.6. The summed E-state index contributed by atoms with van der Waals surface area (Å²) in [6, 6.07) is 8.78. The third kappa shape index (κ3) is 3.29. The number of benzene rings is 2. The highest BCUT2D eigenvalue weighted by Gasteiger charge is 2.19. The number of nitrogens with two attached hydrogens (primary N) is 1. The number of aromatic nitrogens is 2. The van der Waals surface area contributed by atoms with Crippen molar-refractivity contribution < 1.29 is 19.7 Å². The molecule has 0 aliphatic carbocycles. The number of aromatic hydroxyl groups is 1. The summed E-state index contributed by atoms with van der Waals surface area (Å²) in [6.45, 7) is 1.86. The van der Waals surface area contributed by atoms with Crippen molar-refractivity contribution in [1.29, 1.82) is 0 Å². The molecule has 0 spiro atoms. The fourth-order valence-electron chi connectivity index (χ4n) is 3.14. The van der Waals surface area contributed by atoms with E-state index in [1.54, 1.807) is 49.2 Å². The van der Waals surface area contributed by atoms with Crippen LogP contribution in [0.3, 0.4) is 0 Å². The molecule has 27 heavy (non-hydrogen) atoms. The van der Waals surface area contributed by atoms with Crippen LogP contribution in [-0.2, 0) is 13.0 Å². The molecule has 0 radical (unpaired) electrons. The fourth-order valence-corrected chi connectivity index (χ4v) is 3.14. The zero-order valence-corrected chi connectivity index (χ0v) is 15.6. The predicted octanol–water partition coefficient (Wildman–Crippen LogP) is 2.90. The van der Waals surface area contributed by atoms with E-state index in [-0.39, 0.29) is 18.3 Å². The summed E-state index contributed by atoms with van der Waals surface area (Å²) in [6.07, 6.45) is 2.32. The second-order valence-electron chi connectivity index (χ2n) is 6.02. The van der Waals surface area contributed by atoms with Gasteiger partial charge in [0.05, 0.1) is 38.4 Å². The summed E-state index contributed by atoms with van der Waals surface area (Å²) >= 11 is 0. The lowest BCUT2D eigenvalue weighted by Gasteiger charge is -2.17. The number of nitrogen functional groups attached to an aromatic ring is 1. The summed E-state index contributed by atoms with van der Waals surface area (Å²) in [5.74, 6) is 1.52. The van der Waals surface area contributed by atoms with Crippen LogP contribution >= 0.6 is 0 Å². The molecule has 0 aliphatic heterocycles. The molecule has 3 rings (SSSR count). The molecule has 0 fully saturated rings. The lowest BCUT2D eigenvalue weighted by atomic mass is 9.99. The van der Waals surface area contributed by atoms with Crippen molar-refractivity contribution in [2.75, 3.05) is 20.0 Å². The van der Waals surface area contributed by atoms with E-state index in [4.69, 9.17) is 15.2 Å². The average Bonchev–Trinajstić information content (AvgIpc) is 3.08. The number of phenols is 1. The number of methoxy groups -OCH3 is 2. The molecule has 0 atom stereocenters. The Bertz CT molecular complexity index is 966. The number of aliphatic hydroxyl groups is 1. The first-order valence-corrected chi connectivity index (χ1v) is 8.55. The van der Waals surface area contributed by atoms with Crippen LogP contribution in [0.15, 0.2) is 36.5 Å². The van der Waals surface area contributed by atoms with Gasteiger partial charge in [-0.15, -0.1) is 0 Å². The summed E-state index contributed by atoms with van der Waals surface area (Å²) in [5, 5.41) is 20.1. The SMILES string of the molecule is CCc1cc(-c2cnc(N)n2-c2cc(OC)ccc2OC)c(O)cc1CO. The van der Waals surface area contributed by atoms with Gasteiger partial charge in [-0.25, -0.2) is 4.98 Å². The highest BCUT2D eigenvalue weighted by molar-refractivity contribution is 5.73. The van der Waals surface area contributed by atoms with Crippen LogP contribution in [0.5, 0.6) is 17.2 Å². The lowest BCUT2D eigenvalue weighted by molar-refractivity contribution is 0.280. The minimum absolute atomic E-state index is 0.0410. The number of nitrogens with zero attached hydrogens (tertiary/aromatic N) is 2. The Kier molecular flexibility index (Phi) is 5.23. The largest absolute Gasteiger partial charge is 0.507 e. The number of ether oxygens (including phenoxy) is 2. The van der Waals surface area contributed by atoms with Gasteiger partial charge in [0.2, 0.25) is 5.95 Å². The normalized spacial score (nSPS) is 10.8. The molecule has 2 aromatic carbocycles. The second kappa shape index (κ2) is 7.59. The Morgan fingerprint density at radius 1 is 1.11 bits per heavy atom. The molecule has 0 aliphatic rings. The predicted molar refractivity (Wildman–Crippen MR) is 103 cm³/mol. The molecule has 0 bridgehead atoms.